The van der Waals surface area contributed by atoms with Gasteiger partial charge in [0.15, 0.2) is 0 Å². The highest BCUT2D eigenvalue weighted by atomic mass is 16.5. The van der Waals surface area contributed by atoms with Crippen molar-refractivity contribution >= 4 is 0 Å². The van der Waals surface area contributed by atoms with Gasteiger partial charge in [0, 0.05) is 0 Å². The molecule has 15 heavy (non-hydrogen) atoms. The average molecular weight is 210 g/mol. The van der Waals surface area contributed by atoms with Crippen molar-refractivity contribution in [2.24, 2.45) is 0 Å². The summed E-state index contributed by atoms with van der Waals surface area (Å²) >= 11 is 0. The lowest BCUT2D eigenvalue weighted by Gasteiger charge is -2.33. The van der Waals surface area contributed by atoms with Gasteiger partial charge in [-0.05, 0) is 25.5 Å². The molecule has 0 aromatic heterocycles. The Morgan fingerprint density at radius 2 is 1.93 bits per heavy atom. The Labute approximate surface area is 90.3 Å². The molecule has 0 bridgehead atoms. The lowest BCUT2D eigenvalue weighted by Crippen LogP contribution is -2.46. The fraction of sp³-hybridized carbons (Fsp3) is 0.500. The van der Waals surface area contributed by atoms with Crippen LogP contribution in [-0.4, -0.2) is 28.5 Å². The molecule has 2 N–H and O–H groups in total. The molecule has 3 heteroatoms. The van der Waals surface area contributed by atoms with Crippen LogP contribution < -0.4 is 4.74 Å². The van der Waals surface area contributed by atoms with Crippen LogP contribution in [0.3, 0.4) is 0 Å². The van der Waals surface area contributed by atoms with Gasteiger partial charge in [-0.2, -0.15) is 0 Å². The van der Waals surface area contributed by atoms with Gasteiger partial charge < -0.3 is 14.9 Å². The van der Waals surface area contributed by atoms with Crippen molar-refractivity contribution in [2.75, 3.05) is 6.61 Å². The number of aliphatic hydroxyl groups is 2. The Bertz CT molecular complexity index is 286. The van der Waals surface area contributed by atoms with Gasteiger partial charge in [-0.15, -0.1) is 0 Å². The molecule has 0 saturated heterocycles. The van der Waals surface area contributed by atoms with E-state index >= 15 is 0 Å². The van der Waals surface area contributed by atoms with E-state index in [9.17, 15) is 5.11 Å². The predicted molar refractivity (Wildman–Crippen MR) is 58.9 cm³/mol. The molecule has 1 aromatic rings. The maximum absolute atomic E-state index is 9.66. The van der Waals surface area contributed by atoms with E-state index in [0.29, 0.717) is 12.2 Å². The van der Waals surface area contributed by atoms with Crippen LogP contribution in [0.5, 0.6) is 5.75 Å². The van der Waals surface area contributed by atoms with E-state index in [-0.39, 0.29) is 6.61 Å². The van der Waals surface area contributed by atoms with E-state index in [1.54, 1.807) is 6.92 Å². The molecule has 0 saturated carbocycles. The molecule has 84 valence electrons. The smallest absolute Gasteiger partial charge is 0.134 e. The maximum atomic E-state index is 9.66. The second kappa shape index (κ2) is 5.14. The SMILES string of the molecule is CCC(C)(Oc1ccccc1)C(O)CO. The summed E-state index contributed by atoms with van der Waals surface area (Å²) in [6.07, 6.45) is -0.244. The minimum absolute atomic E-state index is 0.294. The molecule has 0 aliphatic carbocycles. The van der Waals surface area contributed by atoms with E-state index in [1.807, 2.05) is 37.3 Å². The van der Waals surface area contributed by atoms with Crippen LogP contribution in [-0.2, 0) is 0 Å². The summed E-state index contributed by atoms with van der Waals surface area (Å²) in [5.41, 5.74) is -0.740. The lowest BCUT2D eigenvalue weighted by atomic mass is 9.96. The van der Waals surface area contributed by atoms with E-state index in [0.717, 1.165) is 0 Å². The Hall–Kier alpha value is -1.06. The average Bonchev–Trinajstić information content (AvgIpc) is 2.29. The highest BCUT2D eigenvalue weighted by Crippen LogP contribution is 2.24. The first-order chi connectivity index (χ1) is 7.12. The highest BCUT2D eigenvalue weighted by molar-refractivity contribution is 5.22. The quantitative estimate of drug-likeness (QED) is 0.776. The number of hydrogen-bond acceptors (Lipinski definition) is 3. The van der Waals surface area contributed by atoms with Gasteiger partial charge in [0.25, 0.3) is 0 Å². The number of rotatable bonds is 5. The molecule has 0 fully saturated rings. The molecule has 1 aromatic carbocycles. The Balaban J connectivity index is 2.77. The van der Waals surface area contributed by atoms with Crippen molar-refractivity contribution in [3.63, 3.8) is 0 Å². The summed E-state index contributed by atoms with van der Waals surface area (Å²) < 4.78 is 5.69. The maximum Gasteiger partial charge on any atom is 0.134 e. The zero-order valence-corrected chi connectivity index (χ0v) is 9.18. The second-order valence-corrected chi connectivity index (χ2v) is 3.78. The van der Waals surface area contributed by atoms with E-state index in [2.05, 4.69) is 0 Å². The Morgan fingerprint density at radius 3 is 2.40 bits per heavy atom. The molecule has 3 nitrogen and oxygen atoms in total. The second-order valence-electron chi connectivity index (χ2n) is 3.78. The summed E-state index contributed by atoms with van der Waals surface area (Å²) in [6, 6.07) is 9.31. The number of benzene rings is 1. The van der Waals surface area contributed by atoms with Crippen molar-refractivity contribution in [2.45, 2.75) is 32.0 Å². The Kier molecular flexibility index (Phi) is 4.12. The number of aliphatic hydroxyl groups excluding tert-OH is 2. The fourth-order valence-corrected chi connectivity index (χ4v) is 1.33. The normalized spacial score (nSPS) is 16.8. The monoisotopic (exact) mass is 210 g/mol. The van der Waals surface area contributed by atoms with Gasteiger partial charge in [0.05, 0.1) is 6.61 Å². The first-order valence-corrected chi connectivity index (χ1v) is 5.15. The van der Waals surface area contributed by atoms with Crippen LogP contribution >= 0.6 is 0 Å². The van der Waals surface area contributed by atoms with Gasteiger partial charge in [0.2, 0.25) is 0 Å². The van der Waals surface area contributed by atoms with Crippen molar-refractivity contribution in [3.05, 3.63) is 30.3 Å². The van der Waals surface area contributed by atoms with Crippen molar-refractivity contribution in [1.82, 2.24) is 0 Å². The molecular weight excluding hydrogens is 192 g/mol. The van der Waals surface area contributed by atoms with E-state index in [1.165, 1.54) is 0 Å². The third kappa shape index (κ3) is 2.94. The van der Waals surface area contributed by atoms with Crippen molar-refractivity contribution < 1.29 is 14.9 Å². The summed E-state index contributed by atoms with van der Waals surface area (Å²) in [7, 11) is 0. The van der Waals surface area contributed by atoms with Crippen LogP contribution in [0.4, 0.5) is 0 Å². The summed E-state index contributed by atoms with van der Waals surface area (Å²) in [5.74, 6) is 0.703. The number of para-hydroxylation sites is 1. The third-order valence-corrected chi connectivity index (χ3v) is 2.67. The van der Waals surface area contributed by atoms with Gasteiger partial charge >= 0.3 is 0 Å². The molecule has 0 radical (unpaired) electrons. The molecule has 0 heterocycles. The summed E-state index contributed by atoms with van der Waals surface area (Å²) in [5, 5.41) is 18.6. The minimum atomic E-state index is -0.872. The van der Waals surface area contributed by atoms with Crippen molar-refractivity contribution in [3.8, 4) is 5.75 Å². The van der Waals surface area contributed by atoms with E-state index < -0.39 is 11.7 Å². The third-order valence-electron chi connectivity index (χ3n) is 2.67. The number of ether oxygens (including phenoxy) is 1. The standard InChI is InChI=1S/C12H18O3/c1-3-12(2,11(14)9-13)15-10-7-5-4-6-8-10/h4-8,11,13-14H,3,9H2,1-2H3. The largest absolute Gasteiger partial charge is 0.485 e. The summed E-state index contributed by atoms with van der Waals surface area (Å²) in [6.45, 7) is 3.42. The highest BCUT2D eigenvalue weighted by Gasteiger charge is 2.32. The Morgan fingerprint density at radius 1 is 1.33 bits per heavy atom. The first kappa shape index (κ1) is 12.0. The molecular formula is C12H18O3. The van der Waals surface area contributed by atoms with Gasteiger partial charge in [-0.1, -0.05) is 25.1 Å². The minimum Gasteiger partial charge on any atom is -0.485 e. The van der Waals surface area contributed by atoms with Crippen LogP contribution in [0, 0.1) is 0 Å². The van der Waals surface area contributed by atoms with Crippen LogP contribution in [0.1, 0.15) is 20.3 Å². The molecule has 0 aliphatic heterocycles. The van der Waals surface area contributed by atoms with Crippen molar-refractivity contribution in [1.29, 1.82) is 0 Å². The fourth-order valence-electron chi connectivity index (χ4n) is 1.33. The van der Waals surface area contributed by atoms with Gasteiger partial charge in [0.1, 0.15) is 17.5 Å². The molecule has 0 amide bonds. The topological polar surface area (TPSA) is 49.7 Å². The molecule has 1 rings (SSSR count). The summed E-state index contributed by atoms with van der Waals surface area (Å²) in [4.78, 5) is 0. The van der Waals surface area contributed by atoms with Crippen LogP contribution in [0.25, 0.3) is 0 Å². The zero-order chi connectivity index (χ0) is 11.3. The van der Waals surface area contributed by atoms with Gasteiger partial charge in [-0.3, -0.25) is 0 Å². The van der Waals surface area contributed by atoms with Crippen LogP contribution in [0.2, 0.25) is 0 Å². The lowest BCUT2D eigenvalue weighted by molar-refractivity contribution is -0.0676. The van der Waals surface area contributed by atoms with Crippen LogP contribution in [0.15, 0.2) is 30.3 Å². The van der Waals surface area contributed by atoms with Gasteiger partial charge in [-0.25, -0.2) is 0 Å². The molecule has 0 spiro atoms. The molecule has 0 aliphatic rings. The van der Waals surface area contributed by atoms with E-state index in [4.69, 9.17) is 9.84 Å². The molecule has 2 unspecified atom stereocenters. The zero-order valence-electron chi connectivity index (χ0n) is 9.18. The number of hydrogen-bond donors (Lipinski definition) is 2. The predicted octanol–water partition coefficient (Wildman–Crippen LogP) is 1.59. The molecule has 2 atom stereocenters. The first-order valence-electron chi connectivity index (χ1n) is 5.15.